The van der Waals surface area contributed by atoms with E-state index in [9.17, 15) is 13.2 Å². The van der Waals surface area contributed by atoms with Crippen molar-refractivity contribution in [2.75, 3.05) is 18.1 Å². The highest BCUT2D eigenvalue weighted by atomic mass is 32.2. The molecule has 0 saturated carbocycles. The number of nitrogens with one attached hydrogen (secondary N) is 2. The summed E-state index contributed by atoms with van der Waals surface area (Å²) in [5.74, 6) is -0.159. The van der Waals surface area contributed by atoms with Crippen molar-refractivity contribution in [2.45, 2.75) is 32.1 Å². The van der Waals surface area contributed by atoms with Gasteiger partial charge >= 0.3 is 0 Å². The molecule has 1 aliphatic rings. The summed E-state index contributed by atoms with van der Waals surface area (Å²) in [4.78, 5) is 19.7. The summed E-state index contributed by atoms with van der Waals surface area (Å²) >= 11 is 2.94. The molecule has 24 heavy (non-hydrogen) atoms. The third-order valence-electron chi connectivity index (χ3n) is 3.69. The molecule has 130 valence electrons. The van der Waals surface area contributed by atoms with Crippen molar-refractivity contribution >= 4 is 43.7 Å². The molecule has 0 bridgehead atoms. The fourth-order valence-corrected chi connectivity index (χ4v) is 4.98. The van der Waals surface area contributed by atoms with Crippen LogP contribution < -0.4 is 10.0 Å². The van der Waals surface area contributed by atoms with Crippen molar-refractivity contribution in [3.8, 4) is 0 Å². The first-order chi connectivity index (χ1) is 11.4. The Kier molecular flexibility index (Phi) is 5.33. The van der Waals surface area contributed by atoms with Crippen molar-refractivity contribution in [1.29, 1.82) is 0 Å². The van der Waals surface area contributed by atoms with Crippen LogP contribution in [-0.4, -0.2) is 32.1 Å². The number of hydrogen-bond donors (Lipinski definition) is 2. The topological polar surface area (TPSA) is 88.2 Å². The second-order valence-electron chi connectivity index (χ2n) is 5.73. The predicted molar refractivity (Wildman–Crippen MR) is 97.6 cm³/mol. The van der Waals surface area contributed by atoms with Gasteiger partial charge in [0, 0.05) is 16.3 Å². The number of rotatable bonds is 6. The quantitative estimate of drug-likeness (QED) is 0.799. The van der Waals surface area contributed by atoms with Gasteiger partial charge in [-0.1, -0.05) is 0 Å². The number of aryl methyl sites for hydroxylation is 2. The lowest BCUT2D eigenvalue weighted by Gasteiger charge is -2.06. The van der Waals surface area contributed by atoms with Crippen LogP contribution in [0.15, 0.2) is 12.1 Å². The van der Waals surface area contributed by atoms with Crippen molar-refractivity contribution < 1.29 is 13.2 Å². The van der Waals surface area contributed by atoms with E-state index < -0.39 is 10.0 Å². The molecule has 1 aliphatic carbocycles. The second kappa shape index (κ2) is 7.30. The fraction of sp³-hybridized carbons (Fsp3) is 0.467. The summed E-state index contributed by atoms with van der Waals surface area (Å²) in [7, 11) is -3.18. The molecule has 0 unspecified atom stereocenters. The van der Waals surface area contributed by atoms with Gasteiger partial charge in [-0.2, -0.15) is 0 Å². The fourth-order valence-electron chi connectivity index (χ4n) is 2.56. The molecule has 9 heteroatoms. The van der Waals surface area contributed by atoms with E-state index in [1.54, 1.807) is 17.4 Å². The molecule has 1 amide bonds. The lowest BCUT2D eigenvalue weighted by atomic mass is 10.0. The minimum Gasteiger partial charge on any atom is -0.297 e. The summed E-state index contributed by atoms with van der Waals surface area (Å²) < 4.78 is 24.5. The number of nitrogens with zero attached hydrogens (tertiary/aromatic N) is 1. The highest BCUT2D eigenvalue weighted by Gasteiger charge is 2.17. The standard InChI is InChI=1S/C15H19N3O3S3/c1-24(20,21)16-9-8-10-6-7-13(22-10)14(19)18-15-17-11-4-2-3-5-12(11)23-15/h6-7,16H,2-5,8-9H2,1H3,(H,17,18,19). The van der Waals surface area contributed by atoms with E-state index in [0.29, 0.717) is 23.0 Å². The number of fused-ring (bicyclic) bond motifs is 1. The van der Waals surface area contributed by atoms with Crippen LogP contribution in [0.3, 0.4) is 0 Å². The zero-order valence-electron chi connectivity index (χ0n) is 13.3. The Labute approximate surface area is 149 Å². The summed E-state index contributed by atoms with van der Waals surface area (Å²) in [6.45, 7) is 0.333. The highest BCUT2D eigenvalue weighted by Crippen LogP contribution is 2.30. The van der Waals surface area contributed by atoms with Gasteiger partial charge < -0.3 is 0 Å². The van der Waals surface area contributed by atoms with E-state index in [4.69, 9.17) is 0 Å². The van der Waals surface area contributed by atoms with E-state index in [1.807, 2.05) is 6.07 Å². The van der Waals surface area contributed by atoms with Gasteiger partial charge in [0.25, 0.3) is 5.91 Å². The molecule has 0 saturated heterocycles. The third-order valence-corrected chi connectivity index (χ3v) is 6.63. The largest absolute Gasteiger partial charge is 0.297 e. The number of amides is 1. The minimum atomic E-state index is -3.18. The second-order valence-corrected chi connectivity index (χ2v) is 9.82. The van der Waals surface area contributed by atoms with E-state index in [-0.39, 0.29) is 5.91 Å². The Morgan fingerprint density at radius 3 is 2.79 bits per heavy atom. The summed E-state index contributed by atoms with van der Waals surface area (Å²) in [5, 5.41) is 3.54. The Hall–Kier alpha value is -1.29. The average molecular weight is 386 g/mol. The number of sulfonamides is 1. The van der Waals surface area contributed by atoms with Gasteiger partial charge in [-0.05, 0) is 44.2 Å². The van der Waals surface area contributed by atoms with Gasteiger partial charge in [0.2, 0.25) is 10.0 Å². The number of anilines is 1. The molecule has 2 aromatic heterocycles. The normalized spacial score (nSPS) is 14.4. The van der Waals surface area contributed by atoms with E-state index in [2.05, 4.69) is 15.0 Å². The zero-order valence-corrected chi connectivity index (χ0v) is 15.7. The number of aromatic nitrogens is 1. The van der Waals surface area contributed by atoms with Crippen LogP contribution >= 0.6 is 22.7 Å². The van der Waals surface area contributed by atoms with Crippen molar-refractivity contribution in [1.82, 2.24) is 9.71 Å². The molecule has 0 aliphatic heterocycles. The van der Waals surface area contributed by atoms with Gasteiger partial charge in [-0.25, -0.2) is 18.1 Å². The lowest BCUT2D eigenvalue weighted by Crippen LogP contribution is -2.24. The molecule has 3 rings (SSSR count). The van der Waals surface area contributed by atoms with Gasteiger partial charge in [-0.3, -0.25) is 10.1 Å². The number of carbonyl (C=O) groups is 1. The maximum Gasteiger partial charge on any atom is 0.267 e. The first kappa shape index (κ1) is 17.5. The number of hydrogen-bond acceptors (Lipinski definition) is 6. The van der Waals surface area contributed by atoms with Crippen LogP contribution in [0, 0.1) is 0 Å². The van der Waals surface area contributed by atoms with Crippen molar-refractivity contribution in [3.63, 3.8) is 0 Å². The molecule has 0 atom stereocenters. The molecule has 2 N–H and O–H groups in total. The van der Waals surface area contributed by atoms with Crippen LogP contribution in [0.2, 0.25) is 0 Å². The van der Waals surface area contributed by atoms with Crippen molar-refractivity contribution in [2.24, 2.45) is 0 Å². The Bertz CT molecular complexity index is 816. The SMILES string of the molecule is CS(=O)(=O)NCCc1ccc(C(=O)Nc2nc3c(s2)CCCC3)s1. The maximum atomic E-state index is 12.3. The molecular weight excluding hydrogens is 366 g/mol. The highest BCUT2D eigenvalue weighted by molar-refractivity contribution is 7.88. The first-order valence-electron chi connectivity index (χ1n) is 7.74. The smallest absolute Gasteiger partial charge is 0.267 e. The van der Waals surface area contributed by atoms with Crippen LogP contribution in [0.5, 0.6) is 0 Å². The third kappa shape index (κ3) is 4.62. The van der Waals surface area contributed by atoms with Gasteiger partial charge in [0.05, 0.1) is 16.8 Å². The van der Waals surface area contributed by atoms with Crippen LogP contribution in [0.4, 0.5) is 5.13 Å². The summed E-state index contributed by atoms with van der Waals surface area (Å²) in [6, 6.07) is 3.62. The van der Waals surface area contributed by atoms with E-state index in [1.165, 1.54) is 29.1 Å². The Morgan fingerprint density at radius 2 is 2.04 bits per heavy atom. The molecule has 0 fully saturated rings. The Balaban J connectivity index is 1.58. The van der Waals surface area contributed by atoms with E-state index >= 15 is 0 Å². The summed E-state index contributed by atoms with van der Waals surface area (Å²) in [6.07, 6.45) is 6.11. The molecule has 0 radical (unpaired) electrons. The van der Waals surface area contributed by atoms with Crippen LogP contribution in [0.25, 0.3) is 0 Å². The number of thiazole rings is 1. The minimum absolute atomic E-state index is 0.159. The van der Waals surface area contributed by atoms with E-state index in [0.717, 1.165) is 29.7 Å². The number of thiophene rings is 1. The number of carbonyl (C=O) groups excluding carboxylic acids is 1. The Morgan fingerprint density at radius 1 is 1.25 bits per heavy atom. The van der Waals surface area contributed by atoms with Crippen LogP contribution in [0.1, 0.15) is 38.0 Å². The average Bonchev–Trinajstić information content (AvgIpc) is 3.11. The van der Waals surface area contributed by atoms with Gasteiger partial charge in [0.1, 0.15) is 0 Å². The molecule has 0 spiro atoms. The maximum absolute atomic E-state index is 12.3. The molecule has 2 heterocycles. The van der Waals surface area contributed by atoms with Crippen molar-refractivity contribution in [3.05, 3.63) is 32.5 Å². The van der Waals surface area contributed by atoms with Gasteiger partial charge in [0.15, 0.2) is 5.13 Å². The zero-order chi connectivity index (χ0) is 17.2. The molecule has 6 nitrogen and oxygen atoms in total. The van der Waals surface area contributed by atoms with Gasteiger partial charge in [-0.15, -0.1) is 22.7 Å². The molecule has 2 aromatic rings. The molecular formula is C15H19N3O3S3. The van der Waals surface area contributed by atoms with Crippen LogP contribution in [-0.2, 0) is 29.3 Å². The monoisotopic (exact) mass is 385 g/mol. The molecule has 0 aromatic carbocycles. The predicted octanol–water partition coefficient (Wildman–Crippen LogP) is 2.43. The lowest BCUT2D eigenvalue weighted by molar-refractivity contribution is 0.103. The first-order valence-corrected chi connectivity index (χ1v) is 11.3. The summed E-state index contributed by atoms with van der Waals surface area (Å²) in [5.41, 5.74) is 1.13.